The van der Waals surface area contributed by atoms with Gasteiger partial charge in [-0.25, -0.2) is 18.1 Å². The Morgan fingerprint density at radius 2 is 2.21 bits per heavy atom. The van der Waals surface area contributed by atoms with Crippen LogP contribution in [0.1, 0.15) is 9.88 Å². The van der Waals surface area contributed by atoms with Crippen LogP contribution in [0.3, 0.4) is 0 Å². The lowest BCUT2D eigenvalue weighted by Crippen LogP contribution is -2.24. The lowest BCUT2D eigenvalue weighted by Gasteiger charge is -2.08. The van der Waals surface area contributed by atoms with E-state index in [4.69, 9.17) is 17.3 Å². The molecule has 0 amide bonds. The molecule has 0 fully saturated rings. The van der Waals surface area contributed by atoms with E-state index in [1.54, 1.807) is 12.3 Å². The third kappa shape index (κ3) is 3.44. The minimum atomic E-state index is -3.70. The van der Waals surface area contributed by atoms with Crippen molar-refractivity contribution in [3.05, 3.63) is 39.3 Å². The van der Waals surface area contributed by atoms with Crippen molar-refractivity contribution in [2.45, 2.75) is 18.4 Å². The number of aromatic nitrogens is 1. The molecule has 0 saturated heterocycles. The molecule has 3 N–H and O–H groups in total. The minimum Gasteiger partial charge on any atom is -0.398 e. The van der Waals surface area contributed by atoms with Crippen LogP contribution < -0.4 is 10.5 Å². The van der Waals surface area contributed by atoms with Crippen LogP contribution in [0.5, 0.6) is 0 Å². The Hall–Kier alpha value is -1.15. The predicted octanol–water partition coefficient (Wildman–Crippen LogP) is 2.17. The molecule has 0 bridgehead atoms. The Labute approximate surface area is 120 Å². The minimum absolute atomic E-state index is 0.0201. The molecule has 102 valence electrons. The zero-order valence-electron chi connectivity index (χ0n) is 10.1. The van der Waals surface area contributed by atoms with Crippen molar-refractivity contribution in [3.63, 3.8) is 0 Å². The quantitative estimate of drug-likeness (QED) is 0.846. The first-order valence-electron chi connectivity index (χ1n) is 5.34. The normalized spacial score (nSPS) is 11.7. The van der Waals surface area contributed by atoms with E-state index in [9.17, 15) is 8.42 Å². The Bertz CT molecular complexity index is 698. The van der Waals surface area contributed by atoms with Gasteiger partial charge in [-0.1, -0.05) is 11.6 Å². The van der Waals surface area contributed by atoms with Crippen LogP contribution in [0.2, 0.25) is 5.02 Å². The van der Waals surface area contributed by atoms with Gasteiger partial charge in [0.25, 0.3) is 0 Å². The first-order valence-corrected chi connectivity index (χ1v) is 8.02. The summed E-state index contributed by atoms with van der Waals surface area (Å²) in [5.41, 5.74) is 5.82. The first kappa shape index (κ1) is 14.3. The molecule has 0 saturated carbocycles. The summed E-state index contributed by atoms with van der Waals surface area (Å²) in [6, 6.07) is 4.33. The second kappa shape index (κ2) is 5.46. The molecule has 1 aromatic carbocycles. The summed E-state index contributed by atoms with van der Waals surface area (Å²) in [5.74, 6) is 0. The number of nitrogens with two attached hydrogens (primary N) is 1. The summed E-state index contributed by atoms with van der Waals surface area (Å²) in [7, 11) is -3.70. The zero-order valence-corrected chi connectivity index (χ0v) is 12.4. The van der Waals surface area contributed by atoms with E-state index in [-0.39, 0.29) is 17.1 Å². The highest BCUT2D eigenvalue weighted by Crippen LogP contribution is 2.22. The zero-order chi connectivity index (χ0) is 14.0. The molecule has 1 aromatic heterocycles. The molecule has 0 radical (unpaired) electrons. The van der Waals surface area contributed by atoms with Gasteiger partial charge >= 0.3 is 0 Å². The fourth-order valence-corrected chi connectivity index (χ4v) is 3.66. The largest absolute Gasteiger partial charge is 0.398 e. The Balaban J connectivity index is 2.20. The van der Waals surface area contributed by atoms with E-state index < -0.39 is 10.0 Å². The molecule has 0 aliphatic rings. The van der Waals surface area contributed by atoms with Gasteiger partial charge in [0.15, 0.2) is 0 Å². The first-order chi connectivity index (χ1) is 8.88. The summed E-state index contributed by atoms with van der Waals surface area (Å²) in [5, 5.41) is 1.02. The van der Waals surface area contributed by atoms with Crippen molar-refractivity contribution in [2.24, 2.45) is 0 Å². The third-order valence-corrected chi connectivity index (χ3v) is 4.95. The van der Waals surface area contributed by atoms with Crippen LogP contribution >= 0.6 is 22.9 Å². The number of anilines is 1. The van der Waals surface area contributed by atoms with Crippen molar-refractivity contribution >= 4 is 38.6 Å². The number of hydrogen-bond donors (Lipinski definition) is 2. The van der Waals surface area contributed by atoms with Crippen LogP contribution in [0.25, 0.3) is 0 Å². The topological polar surface area (TPSA) is 85.1 Å². The molecule has 0 aliphatic carbocycles. The Kier molecular flexibility index (Phi) is 4.10. The third-order valence-electron chi connectivity index (χ3n) is 2.35. The number of nitrogen functional groups attached to an aromatic ring is 1. The fraction of sp³-hybridized carbons (Fsp3) is 0.182. The van der Waals surface area contributed by atoms with Crippen molar-refractivity contribution < 1.29 is 8.42 Å². The van der Waals surface area contributed by atoms with Gasteiger partial charge in [0.1, 0.15) is 9.90 Å². The second-order valence-corrected chi connectivity index (χ2v) is 7.36. The molecule has 2 rings (SSSR count). The monoisotopic (exact) mass is 317 g/mol. The number of nitrogens with one attached hydrogen (secondary N) is 1. The van der Waals surface area contributed by atoms with Gasteiger partial charge < -0.3 is 5.73 Å². The molecule has 2 aromatic rings. The molecule has 0 spiro atoms. The molecule has 5 nitrogen and oxygen atoms in total. The molecular weight excluding hydrogens is 306 g/mol. The van der Waals surface area contributed by atoms with Gasteiger partial charge in [0, 0.05) is 16.1 Å². The van der Waals surface area contributed by atoms with Crippen LogP contribution in [-0.2, 0) is 16.6 Å². The molecule has 1 heterocycles. The van der Waals surface area contributed by atoms with Crippen molar-refractivity contribution in [3.8, 4) is 0 Å². The maximum absolute atomic E-state index is 12.1. The SMILES string of the molecule is Cc1cnc(CNS(=O)(=O)c2cc(Cl)ccc2N)s1. The number of thiazole rings is 1. The van der Waals surface area contributed by atoms with Gasteiger partial charge in [-0.15, -0.1) is 11.3 Å². The maximum atomic E-state index is 12.1. The van der Waals surface area contributed by atoms with E-state index in [0.29, 0.717) is 10.0 Å². The van der Waals surface area contributed by atoms with E-state index in [2.05, 4.69) is 9.71 Å². The average Bonchev–Trinajstić information content (AvgIpc) is 2.76. The van der Waals surface area contributed by atoms with Crippen LogP contribution in [-0.4, -0.2) is 13.4 Å². The highest BCUT2D eigenvalue weighted by molar-refractivity contribution is 7.89. The lowest BCUT2D eigenvalue weighted by atomic mass is 10.3. The number of halogens is 1. The Morgan fingerprint density at radius 3 is 2.84 bits per heavy atom. The average molecular weight is 318 g/mol. The van der Waals surface area contributed by atoms with Gasteiger partial charge in [-0.3, -0.25) is 0 Å². The highest BCUT2D eigenvalue weighted by Gasteiger charge is 2.18. The molecule has 0 unspecified atom stereocenters. The molecule has 19 heavy (non-hydrogen) atoms. The van der Waals surface area contributed by atoms with E-state index >= 15 is 0 Å². The summed E-state index contributed by atoms with van der Waals surface area (Å²) in [6.45, 7) is 2.04. The van der Waals surface area contributed by atoms with E-state index in [0.717, 1.165) is 4.88 Å². The van der Waals surface area contributed by atoms with Gasteiger partial charge in [0.2, 0.25) is 10.0 Å². The van der Waals surface area contributed by atoms with Crippen molar-refractivity contribution in [2.75, 3.05) is 5.73 Å². The van der Waals surface area contributed by atoms with Gasteiger partial charge in [-0.05, 0) is 25.1 Å². The van der Waals surface area contributed by atoms with Crippen LogP contribution in [0.4, 0.5) is 5.69 Å². The van der Waals surface area contributed by atoms with Crippen LogP contribution in [0.15, 0.2) is 29.3 Å². The number of aryl methyl sites for hydroxylation is 1. The van der Waals surface area contributed by atoms with Crippen LogP contribution in [0, 0.1) is 6.92 Å². The standard InChI is InChI=1S/C11H12ClN3O2S2/c1-7-5-14-11(18-7)6-15-19(16,17)10-4-8(12)2-3-9(10)13/h2-5,15H,6,13H2,1H3. The highest BCUT2D eigenvalue weighted by atomic mass is 35.5. The number of benzene rings is 1. The Morgan fingerprint density at radius 1 is 1.47 bits per heavy atom. The summed E-state index contributed by atoms with van der Waals surface area (Å²) in [4.78, 5) is 5.09. The summed E-state index contributed by atoms with van der Waals surface area (Å²) in [6.07, 6.45) is 1.70. The number of rotatable bonds is 4. The van der Waals surface area contributed by atoms with E-state index in [1.807, 2.05) is 6.92 Å². The van der Waals surface area contributed by atoms with E-state index in [1.165, 1.54) is 23.5 Å². The summed E-state index contributed by atoms with van der Waals surface area (Å²) < 4.78 is 26.7. The lowest BCUT2D eigenvalue weighted by molar-refractivity contribution is 0.581. The molecule has 0 atom stereocenters. The summed E-state index contributed by atoms with van der Waals surface area (Å²) >= 11 is 7.22. The smallest absolute Gasteiger partial charge is 0.243 e. The number of hydrogen-bond acceptors (Lipinski definition) is 5. The van der Waals surface area contributed by atoms with Gasteiger partial charge in [-0.2, -0.15) is 0 Å². The molecule has 8 heteroatoms. The number of nitrogens with zero attached hydrogens (tertiary/aromatic N) is 1. The fourth-order valence-electron chi connectivity index (χ4n) is 1.46. The van der Waals surface area contributed by atoms with Crippen molar-refractivity contribution in [1.29, 1.82) is 0 Å². The second-order valence-electron chi connectivity index (χ2n) is 3.87. The van der Waals surface area contributed by atoms with Gasteiger partial charge in [0.05, 0.1) is 12.2 Å². The predicted molar refractivity (Wildman–Crippen MR) is 76.7 cm³/mol. The van der Waals surface area contributed by atoms with Crippen molar-refractivity contribution in [1.82, 2.24) is 9.71 Å². The molecule has 0 aliphatic heterocycles. The molecular formula is C11H12ClN3O2S2. The maximum Gasteiger partial charge on any atom is 0.243 e. The number of sulfonamides is 1.